The quantitative estimate of drug-likeness (QED) is 0.792. The van der Waals surface area contributed by atoms with E-state index in [0.29, 0.717) is 16.9 Å². The molecule has 21 heavy (non-hydrogen) atoms. The van der Waals surface area contributed by atoms with Crippen molar-refractivity contribution in [1.82, 2.24) is 0 Å². The molecule has 0 spiro atoms. The second-order valence-corrected chi connectivity index (χ2v) is 7.35. The lowest BCUT2D eigenvalue weighted by Gasteiger charge is -2.13. The Balaban J connectivity index is 2.24. The van der Waals surface area contributed by atoms with Gasteiger partial charge < -0.3 is 5.73 Å². The fraction of sp³-hybridized carbons (Fsp3) is 0.200. The van der Waals surface area contributed by atoms with Crippen LogP contribution in [0.15, 0.2) is 46.9 Å². The molecule has 0 atom stereocenters. The number of nitrogens with two attached hydrogens (primary N) is 1. The Hall–Kier alpha value is -1.53. The van der Waals surface area contributed by atoms with E-state index in [9.17, 15) is 8.42 Å². The van der Waals surface area contributed by atoms with Gasteiger partial charge >= 0.3 is 0 Å². The van der Waals surface area contributed by atoms with Crippen molar-refractivity contribution < 1.29 is 8.42 Å². The predicted octanol–water partition coefficient (Wildman–Crippen LogP) is 3.54. The van der Waals surface area contributed by atoms with Gasteiger partial charge in [0.05, 0.1) is 11.4 Å². The Morgan fingerprint density at radius 3 is 2.52 bits per heavy atom. The Morgan fingerprint density at radius 1 is 1.14 bits per heavy atom. The molecule has 0 unspecified atom stereocenters. The van der Waals surface area contributed by atoms with Crippen molar-refractivity contribution >= 4 is 37.3 Å². The number of aryl methyl sites for hydroxylation is 1. The summed E-state index contributed by atoms with van der Waals surface area (Å²) in [5.74, 6) is -0.140. The number of anilines is 2. The number of hydrogen-bond acceptors (Lipinski definition) is 3. The molecule has 2 aromatic carbocycles. The minimum Gasteiger partial charge on any atom is -0.398 e. The number of nitrogen functional groups attached to an aromatic ring is 1. The SMILES string of the molecule is CCc1cc(Br)ccc1NS(=O)(=O)Cc1ccccc1N. The van der Waals surface area contributed by atoms with Crippen LogP contribution in [0, 0.1) is 0 Å². The maximum Gasteiger partial charge on any atom is 0.237 e. The van der Waals surface area contributed by atoms with Gasteiger partial charge in [-0.2, -0.15) is 0 Å². The number of sulfonamides is 1. The third-order valence-electron chi connectivity index (χ3n) is 3.11. The van der Waals surface area contributed by atoms with E-state index in [0.717, 1.165) is 16.5 Å². The minimum atomic E-state index is -3.50. The molecular weight excluding hydrogens is 352 g/mol. The van der Waals surface area contributed by atoms with Crippen molar-refractivity contribution in [2.24, 2.45) is 0 Å². The van der Waals surface area contributed by atoms with Gasteiger partial charge in [-0.3, -0.25) is 4.72 Å². The molecule has 2 aromatic rings. The second kappa shape index (κ2) is 6.49. The molecule has 0 fully saturated rings. The Morgan fingerprint density at radius 2 is 1.86 bits per heavy atom. The number of rotatable bonds is 5. The standard InChI is InChI=1S/C15H17BrN2O2S/c1-2-11-9-13(16)7-8-15(11)18-21(19,20)10-12-5-3-4-6-14(12)17/h3-9,18H,2,10,17H2,1H3. The van der Waals surface area contributed by atoms with Gasteiger partial charge in [0.25, 0.3) is 0 Å². The summed E-state index contributed by atoms with van der Waals surface area (Å²) in [5, 5.41) is 0. The lowest BCUT2D eigenvalue weighted by molar-refractivity contribution is 0.600. The first kappa shape index (κ1) is 15.9. The molecule has 2 rings (SSSR count). The van der Waals surface area contributed by atoms with Crippen LogP contribution in [0.4, 0.5) is 11.4 Å². The summed E-state index contributed by atoms with van der Waals surface area (Å²) in [6.07, 6.45) is 0.741. The van der Waals surface area contributed by atoms with Gasteiger partial charge in [0.15, 0.2) is 0 Å². The van der Waals surface area contributed by atoms with E-state index in [4.69, 9.17) is 5.73 Å². The molecule has 0 heterocycles. The molecule has 112 valence electrons. The van der Waals surface area contributed by atoms with Crippen molar-refractivity contribution in [2.75, 3.05) is 10.5 Å². The van der Waals surface area contributed by atoms with Crippen LogP contribution in [-0.4, -0.2) is 8.42 Å². The number of hydrogen-bond donors (Lipinski definition) is 2. The van der Waals surface area contributed by atoms with Gasteiger partial charge in [0.1, 0.15) is 0 Å². The van der Waals surface area contributed by atoms with Crippen LogP contribution in [0.1, 0.15) is 18.1 Å². The fourth-order valence-electron chi connectivity index (χ4n) is 2.03. The summed E-state index contributed by atoms with van der Waals surface area (Å²) in [6.45, 7) is 1.98. The average Bonchev–Trinajstić information content (AvgIpc) is 2.43. The maximum atomic E-state index is 12.3. The first-order valence-corrected chi connectivity index (χ1v) is 8.98. The highest BCUT2D eigenvalue weighted by atomic mass is 79.9. The monoisotopic (exact) mass is 368 g/mol. The van der Waals surface area contributed by atoms with Gasteiger partial charge in [-0.25, -0.2) is 8.42 Å². The lowest BCUT2D eigenvalue weighted by Crippen LogP contribution is -2.17. The molecule has 0 aliphatic heterocycles. The van der Waals surface area contributed by atoms with E-state index in [2.05, 4.69) is 20.7 Å². The lowest BCUT2D eigenvalue weighted by atomic mass is 10.1. The smallest absolute Gasteiger partial charge is 0.237 e. The first-order chi connectivity index (χ1) is 9.91. The van der Waals surface area contributed by atoms with Crippen molar-refractivity contribution in [3.8, 4) is 0 Å². The second-order valence-electron chi connectivity index (χ2n) is 4.71. The first-order valence-electron chi connectivity index (χ1n) is 6.53. The summed E-state index contributed by atoms with van der Waals surface area (Å²) in [6, 6.07) is 12.5. The minimum absolute atomic E-state index is 0.140. The molecular formula is C15H17BrN2O2S. The van der Waals surface area contributed by atoms with Gasteiger partial charge in [-0.1, -0.05) is 41.1 Å². The highest BCUT2D eigenvalue weighted by Gasteiger charge is 2.15. The molecule has 4 nitrogen and oxygen atoms in total. The van der Waals surface area contributed by atoms with Crippen molar-refractivity contribution in [1.29, 1.82) is 0 Å². The summed E-state index contributed by atoms with van der Waals surface area (Å²) in [5.41, 5.74) is 8.42. The zero-order valence-corrected chi connectivity index (χ0v) is 14.0. The van der Waals surface area contributed by atoms with Gasteiger partial charge in [0.2, 0.25) is 10.0 Å². The molecule has 0 aliphatic carbocycles. The topological polar surface area (TPSA) is 72.2 Å². The maximum absolute atomic E-state index is 12.3. The molecule has 0 saturated carbocycles. The molecule has 0 saturated heterocycles. The highest BCUT2D eigenvalue weighted by Crippen LogP contribution is 2.24. The van der Waals surface area contributed by atoms with Crippen LogP contribution in [0.3, 0.4) is 0 Å². The summed E-state index contributed by atoms with van der Waals surface area (Å²) < 4.78 is 28.2. The van der Waals surface area contributed by atoms with E-state index in [1.54, 1.807) is 30.3 Å². The van der Waals surface area contributed by atoms with Gasteiger partial charge in [0, 0.05) is 10.2 Å². The number of para-hydroxylation sites is 1. The Labute approximate surface area is 133 Å². The van der Waals surface area contributed by atoms with Crippen molar-refractivity contribution in [3.05, 3.63) is 58.1 Å². The molecule has 0 aliphatic rings. The molecule has 0 bridgehead atoms. The van der Waals surface area contributed by atoms with Crippen LogP contribution in [0.5, 0.6) is 0 Å². The van der Waals surface area contributed by atoms with Gasteiger partial charge in [-0.05, 0) is 41.8 Å². The summed E-state index contributed by atoms with van der Waals surface area (Å²) in [7, 11) is -3.50. The molecule has 0 aromatic heterocycles. The summed E-state index contributed by atoms with van der Waals surface area (Å²) in [4.78, 5) is 0. The van der Waals surface area contributed by atoms with Crippen molar-refractivity contribution in [2.45, 2.75) is 19.1 Å². The zero-order valence-electron chi connectivity index (χ0n) is 11.6. The van der Waals surface area contributed by atoms with Crippen LogP contribution in [0.2, 0.25) is 0 Å². The Kier molecular flexibility index (Phi) is 4.90. The third-order valence-corrected chi connectivity index (χ3v) is 4.83. The molecule has 6 heteroatoms. The van der Waals surface area contributed by atoms with E-state index < -0.39 is 10.0 Å². The van der Waals surface area contributed by atoms with Crippen LogP contribution in [-0.2, 0) is 22.2 Å². The van der Waals surface area contributed by atoms with E-state index >= 15 is 0 Å². The van der Waals surface area contributed by atoms with E-state index in [-0.39, 0.29) is 5.75 Å². The molecule has 0 radical (unpaired) electrons. The number of halogens is 1. The van der Waals surface area contributed by atoms with E-state index in [1.807, 2.05) is 19.1 Å². The van der Waals surface area contributed by atoms with Gasteiger partial charge in [-0.15, -0.1) is 0 Å². The van der Waals surface area contributed by atoms with E-state index in [1.165, 1.54) is 0 Å². The zero-order chi connectivity index (χ0) is 15.5. The average molecular weight is 369 g/mol. The predicted molar refractivity (Wildman–Crippen MR) is 90.6 cm³/mol. The molecule has 3 N–H and O–H groups in total. The largest absolute Gasteiger partial charge is 0.398 e. The number of nitrogens with one attached hydrogen (secondary N) is 1. The van der Waals surface area contributed by atoms with Crippen LogP contribution < -0.4 is 10.5 Å². The third kappa shape index (κ3) is 4.22. The van der Waals surface area contributed by atoms with Crippen LogP contribution in [0.25, 0.3) is 0 Å². The van der Waals surface area contributed by atoms with Crippen molar-refractivity contribution in [3.63, 3.8) is 0 Å². The Bertz CT molecular complexity index is 745. The highest BCUT2D eigenvalue weighted by molar-refractivity contribution is 9.10. The molecule has 0 amide bonds. The fourth-order valence-corrected chi connectivity index (χ4v) is 3.72. The summed E-state index contributed by atoms with van der Waals surface area (Å²) >= 11 is 3.39. The number of benzene rings is 2. The normalized spacial score (nSPS) is 11.3. The van der Waals surface area contributed by atoms with Crippen LogP contribution >= 0.6 is 15.9 Å².